The molecule has 1 aromatic heterocycles. The molecule has 0 unspecified atom stereocenters. The fourth-order valence-corrected chi connectivity index (χ4v) is 2.70. The van der Waals surface area contributed by atoms with E-state index in [0.717, 1.165) is 25.1 Å². The van der Waals surface area contributed by atoms with E-state index in [1.807, 2.05) is 27.7 Å². The number of nitrogens with one attached hydrogen (secondary N) is 1. The fourth-order valence-electron chi connectivity index (χ4n) is 2.47. The highest BCUT2D eigenvalue weighted by Gasteiger charge is 2.28. The number of carbonyl (C=O) groups excluding carboxylic acids is 1. The van der Waals surface area contributed by atoms with Gasteiger partial charge in [-0.2, -0.15) is 0 Å². The number of hydrogen-bond donors (Lipinski definition) is 1. The molecule has 1 aliphatic heterocycles. The van der Waals surface area contributed by atoms with Crippen molar-refractivity contribution in [3.63, 3.8) is 0 Å². The average molecular weight is 327 g/mol. The van der Waals surface area contributed by atoms with Crippen LogP contribution in [0.1, 0.15) is 39.3 Å². The van der Waals surface area contributed by atoms with Crippen LogP contribution in [0.15, 0.2) is 6.07 Å². The van der Waals surface area contributed by atoms with Gasteiger partial charge >= 0.3 is 6.09 Å². The van der Waals surface area contributed by atoms with Gasteiger partial charge in [-0.25, -0.2) is 14.8 Å². The summed E-state index contributed by atoms with van der Waals surface area (Å²) in [7, 11) is 0. The topological polar surface area (TPSA) is 67.4 Å². The molecule has 0 radical (unpaired) electrons. The van der Waals surface area contributed by atoms with Gasteiger partial charge in [-0.15, -0.1) is 0 Å². The van der Waals surface area contributed by atoms with E-state index in [1.165, 1.54) is 0 Å². The highest BCUT2D eigenvalue weighted by atomic mass is 35.5. The molecule has 1 atom stereocenters. The minimum atomic E-state index is -0.493. The molecule has 6 nitrogen and oxygen atoms in total. The molecule has 1 aromatic rings. The number of rotatable bonds is 3. The van der Waals surface area contributed by atoms with Crippen LogP contribution in [0.4, 0.5) is 10.7 Å². The minimum Gasteiger partial charge on any atom is -0.444 e. The molecule has 0 aromatic carbocycles. The maximum absolute atomic E-state index is 11.8. The molecular weight excluding hydrogens is 304 g/mol. The number of anilines is 1. The lowest BCUT2D eigenvalue weighted by Crippen LogP contribution is -2.42. The van der Waals surface area contributed by atoms with Crippen molar-refractivity contribution in [1.29, 1.82) is 0 Å². The van der Waals surface area contributed by atoms with Crippen LogP contribution >= 0.6 is 11.6 Å². The molecule has 1 N–H and O–H groups in total. The molecule has 22 heavy (non-hydrogen) atoms. The van der Waals surface area contributed by atoms with Crippen molar-refractivity contribution in [3.8, 4) is 0 Å². The highest BCUT2D eigenvalue weighted by molar-refractivity contribution is 6.29. The Morgan fingerprint density at radius 3 is 2.86 bits per heavy atom. The molecule has 1 aliphatic rings. The van der Waals surface area contributed by atoms with Gasteiger partial charge in [0.2, 0.25) is 5.95 Å². The van der Waals surface area contributed by atoms with E-state index in [0.29, 0.717) is 17.6 Å². The predicted molar refractivity (Wildman–Crippen MR) is 86.4 cm³/mol. The maximum atomic E-state index is 11.8. The first-order valence-electron chi connectivity index (χ1n) is 7.49. The van der Waals surface area contributed by atoms with Gasteiger partial charge in [-0.05, 0) is 46.6 Å². The lowest BCUT2D eigenvalue weighted by atomic mass is 10.2. The number of ether oxygens (including phenoxy) is 1. The van der Waals surface area contributed by atoms with Crippen LogP contribution in [-0.4, -0.2) is 40.8 Å². The van der Waals surface area contributed by atoms with Crippen molar-refractivity contribution in [3.05, 3.63) is 16.9 Å². The van der Waals surface area contributed by atoms with Gasteiger partial charge in [-0.1, -0.05) is 11.6 Å². The summed E-state index contributed by atoms with van der Waals surface area (Å²) in [6.45, 7) is 8.79. The van der Waals surface area contributed by atoms with Crippen LogP contribution in [0, 0.1) is 6.92 Å². The van der Waals surface area contributed by atoms with Gasteiger partial charge < -0.3 is 15.0 Å². The summed E-state index contributed by atoms with van der Waals surface area (Å²) in [5.74, 6) is 0.624. The zero-order valence-electron chi connectivity index (χ0n) is 13.5. The van der Waals surface area contributed by atoms with E-state index in [-0.39, 0.29) is 6.04 Å². The summed E-state index contributed by atoms with van der Waals surface area (Å²) in [4.78, 5) is 22.6. The fraction of sp³-hybridized carbons (Fsp3) is 0.667. The van der Waals surface area contributed by atoms with Crippen molar-refractivity contribution in [1.82, 2.24) is 15.3 Å². The standard InChI is InChI=1S/C15H23ClN4O2/c1-10-8-12(16)19-13(18-10)20-7-5-6-11(20)9-17-14(21)22-15(2,3)4/h8,11H,5-7,9H2,1-4H3,(H,17,21)/t11-/m0/s1. The zero-order valence-corrected chi connectivity index (χ0v) is 14.3. The largest absolute Gasteiger partial charge is 0.444 e. The molecule has 0 spiro atoms. The second-order valence-electron chi connectivity index (χ2n) is 6.50. The SMILES string of the molecule is Cc1cc(Cl)nc(N2CCC[C@H]2CNC(=O)OC(C)(C)C)n1. The molecular formula is C15H23ClN4O2. The summed E-state index contributed by atoms with van der Waals surface area (Å²) in [5, 5.41) is 3.26. The lowest BCUT2D eigenvalue weighted by Gasteiger charge is -2.26. The number of amides is 1. The third kappa shape index (κ3) is 4.73. The Morgan fingerprint density at radius 1 is 1.50 bits per heavy atom. The molecule has 0 saturated carbocycles. The van der Waals surface area contributed by atoms with Gasteiger partial charge in [0.1, 0.15) is 10.8 Å². The Morgan fingerprint density at radius 2 is 2.23 bits per heavy atom. The Balaban J connectivity index is 1.97. The highest BCUT2D eigenvalue weighted by Crippen LogP contribution is 2.23. The zero-order chi connectivity index (χ0) is 16.3. The van der Waals surface area contributed by atoms with Gasteiger partial charge in [0.15, 0.2) is 0 Å². The quantitative estimate of drug-likeness (QED) is 0.865. The van der Waals surface area contributed by atoms with Crippen LogP contribution in [0.5, 0.6) is 0 Å². The number of halogens is 1. The van der Waals surface area contributed by atoms with E-state index in [9.17, 15) is 4.79 Å². The molecule has 1 fully saturated rings. The second-order valence-corrected chi connectivity index (χ2v) is 6.89. The van der Waals surface area contributed by atoms with E-state index in [1.54, 1.807) is 6.07 Å². The van der Waals surface area contributed by atoms with E-state index >= 15 is 0 Å². The van der Waals surface area contributed by atoms with Gasteiger partial charge in [0.05, 0.1) is 0 Å². The van der Waals surface area contributed by atoms with Crippen molar-refractivity contribution in [2.75, 3.05) is 18.0 Å². The van der Waals surface area contributed by atoms with Crippen molar-refractivity contribution >= 4 is 23.6 Å². The lowest BCUT2D eigenvalue weighted by molar-refractivity contribution is 0.0525. The summed E-state index contributed by atoms with van der Waals surface area (Å²) in [6.07, 6.45) is 1.61. The first kappa shape index (κ1) is 16.8. The van der Waals surface area contributed by atoms with E-state index < -0.39 is 11.7 Å². The van der Waals surface area contributed by atoms with Crippen LogP contribution in [0.25, 0.3) is 0 Å². The number of hydrogen-bond acceptors (Lipinski definition) is 5. The molecule has 0 bridgehead atoms. The van der Waals surface area contributed by atoms with Gasteiger partial charge in [0, 0.05) is 24.8 Å². The second kappa shape index (κ2) is 6.69. The number of aromatic nitrogens is 2. The molecule has 0 aliphatic carbocycles. The van der Waals surface area contributed by atoms with Crippen molar-refractivity contribution < 1.29 is 9.53 Å². The van der Waals surface area contributed by atoms with Crippen LogP contribution in [-0.2, 0) is 4.74 Å². The minimum absolute atomic E-state index is 0.158. The first-order chi connectivity index (χ1) is 10.2. The third-order valence-electron chi connectivity index (χ3n) is 3.33. The number of carbonyl (C=O) groups is 1. The van der Waals surface area contributed by atoms with Crippen molar-refractivity contribution in [2.24, 2.45) is 0 Å². The normalized spacial score (nSPS) is 18.4. The van der Waals surface area contributed by atoms with Gasteiger partial charge in [0.25, 0.3) is 0 Å². The van der Waals surface area contributed by atoms with Crippen LogP contribution in [0.3, 0.4) is 0 Å². The molecule has 2 heterocycles. The number of aryl methyl sites for hydroxylation is 1. The molecule has 122 valence electrons. The Hall–Kier alpha value is -1.56. The predicted octanol–water partition coefficient (Wildman–Crippen LogP) is 2.93. The van der Waals surface area contributed by atoms with Gasteiger partial charge in [-0.3, -0.25) is 0 Å². The number of nitrogens with zero attached hydrogens (tertiary/aromatic N) is 3. The Bertz CT molecular complexity index is 525. The monoisotopic (exact) mass is 326 g/mol. The number of alkyl carbamates (subject to hydrolysis) is 1. The van der Waals surface area contributed by atoms with E-state index in [2.05, 4.69) is 20.2 Å². The first-order valence-corrected chi connectivity index (χ1v) is 7.87. The Kier molecular flexibility index (Phi) is 5.11. The summed E-state index contributed by atoms with van der Waals surface area (Å²) in [5.41, 5.74) is 0.341. The van der Waals surface area contributed by atoms with E-state index in [4.69, 9.17) is 16.3 Å². The van der Waals surface area contributed by atoms with Crippen LogP contribution < -0.4 is 10.2 Å². The van der Waals surface area contributed by atoms with Crippen molar-refractivity contribution in [2.45, 2.75) is 52.2 Å². The Labute approximate surface area is 136 Å². The summed E-state index contributed by atoms with van der Waals surface area (Å²) in [6, 6.07) is 1.89. The average Bonchev–Trinajstić information content (AvgIpc) is 2.81. The molecule has 1 saturated heterocycles. The third-order valence-corrected chi connectivity index (χ3v) is 3.52. The maximum Gasteiger partial charge on any atom is 0.407 e. The molecule has 2 rings (SSSR count). The molecule has 7 heteroatoms. The summed E-state index contributed by atoms with van der Waals surface area (Å²) >= 11 is 6.01. The smallest absolute Gasteiger partial charge is 0.407 e. The summed E-state index contributed by atoms with van der Waals surface area (Å²) < 4.78 is 5.26. The van der Waals surface area contributed by atoms with Crippen LogP contribution in [0.2, 0.25) is 5.15 Å². The molecule has 1 amide bonds.